The number of rotatable bonds is 11. The molecule has 0 spiro atoms. The fourth-order valence-corrected chi connectivity index (χ4v) is 5.62. The van der Waals surface area contributed by atoms with Crippen LogP contribution in [0.15, 0.2) is 83.8 Å². The summed E-state index contributed by atoms with van der Waals surface area (Å²) in [6, 6.07) is 20.5. The van der Waals surface area contributed by atoms with E-state index in [1.54, 1.807) is 73.7 Å². The molecule has 1 N–H and O–H groups in total. The first kappa shape index (κ1) is 31.0. The third-order valence-electron chi connectivity index (χ3n) is 6.01. The second-order valence-electron chi connectivity index (χ2n) is 10.3. The zero-order valence-corrected chi connectivity index (χ0v) is 25.0. The van der Waals surface area contributed by atoms with Gasteiger partial charge in [0.15, 0.2) is 0 Å². The van der Waals surface area contributed by atoms with Crippen LogP contribution in [0.2, 0.25) is 5.02 Å². The Morgan fingerprint density at radius 3 is 2.12 bits per heavy atom. The maximum absolute atomic E-state index is 14.0. The van der Waals surface area contributed by atoms with Crippen LogP contribution in [-0.4, -0.2) is 49.9 Å². The van der Waals surface area contributed by atoms with E-state index in [0.717, 1.165) is 4.31 Å². The third-order valence-corrected chi connectivity index (χ3v) is 8.17. The molecule has 0 heterocycles. The SMILES string of the molecule is CCOc1ccc(N(CC(=O)N(Cc2ccccc2Cl)[C@@H](C)C(=O)NC(C)(C)C)S(=O)(=O)c2ccccc2)cc1. The van der Waals surface area contributed by atoms with Crippen LogP contribution in [0.1, 0.15) is 40.2 Å². The number of anilines is 1. The van der Waals surface area contributed by atoms with Gasteiger partial charge in [0.1, 0.15) is 18.3 Å². The number of halogens is 1. The van der Waals surface area contributed by atoms with Gasteiger partial charge in [-0.2, -0.15) is 0 Å². The summed E-state index contributed by atoms with van der Waals surface area (Å²) in [5, 5.41) is 3.34. The van der Waals surface area contributed by atoms with E-state index in [1.165, 1.54) is 17.0 Å². The predicted octanol–water partition coefficient (Wildman–Crippen LogP) is 5.27. The standard InChI is InChI=1S/C30H36ClN3O5S/c1-6-39-25-18-16-24(17-19-25)34(40(37,38)26-13-8-7-9-14-26)21-28(35)33(20-23-12-10-11-15-27(23)31)22(2)29(36)32-30(3,4)5/h7-19,22H,6,20-21H2,1-5H3,(H,32,36)/t22-/m0/s1. The van der Waals surface area contributed by atoms with Crippen LogP contribution in [-0.2, 0) is 26.2 Å². The highest BCUT2D eigenvalue weighted by atomic mass is 35.5. The van der Waals surface area contributed by atoms with E-state index in [2.05, 4.69) is 5.32 Å². The summed E-state index contributed by atoms with van der Waals surface area (Å²) in [5.41, 5.74) is 0.381. The van der Waals surface area contributed by atoms with Gasteiger partial charge in [-0.15, -0.1) is 0 Å². The minimum atomic E-state index is -4.15. The molecule has 0 aliphatic carbocycles. The maximum Gasteiger partial charge on any atom is 0.264 e. The molecule has 8 nitrogen and oxygen atoms in total. The first-order valence-corrected chi connectivity index (χ1v) is 14.8. The van der Waals surface area contributed by atoms with Crippen LogP contribution in [0.3, 0.4) is 0 Å². The van der Waals surface area contributed by atoms with Crippen LogP contribution in [0.4, 0.5) is 5.69 Å². The summed E-state index contributed by atoms with van der Waals surface area (Å²) < 4.78 is 34.2. The summed E-state index contributed by atoms with van der Waals surface area (Å²) in [6.07, 6.45) is 0. The van der Waals surface area contributed by atoms with Crippen molar-refractivity contribution >= 4 is 39.1 Å². The molecule has 0 aliphatic heterocycles. The highest BCUT2D eigenvalue weighted by molar-refractivity contribution is 7.92. The molecule has 214 valence electrons. The van der Waals surface area contributed by atoms with Gasteiger partial charge in [-0.25, -0.2) is 8.42 Å². The molecule has 0 saturated heterocycles. The van der Waals surface area contributed by atoms with Crippen molar-refractivity contribution in [2.45, 2.75) is 57.6 Å². The molecule has 3 aromatic rings. The Morgan fingerprint density at radius 1 is 0.950 bits per heavy atom. The van der Waals surface area contributed by atoms with Crippen molar-refractivity contribution in [3.63, 3.8) is 0 Å². The van der Waals surface area contributed by atoms with E-state index < -0.39 is 34.1 Å². The quantitative estimate of drug-likeness (QED) is 0.331. The van der Waals surface area contributed by atoms with E-state index in [4.69, 9.17) is 16.3 Å². The average Bonchev–Trinajstić information content (AvgIpc) is 2.91. The number of nitrogens with one attached hydrogen (secondary N) is 1. The Bertz CT molecular complexity index is 1410. The lowest BCUT2D eigenvalue weighted by Gasteiger charge is -2.33. The largest absolute Gasteiger partial charge is 0.494 e. The van der Waals surface area contributed by atoms with E-state index in [1.807, 2.05) is 27.7 Å². The van der Waals surface area contributed by atoms with Crippen molar-refractivity contribution in [3.8, 4) is 5.75 Å². The van der Waals surface area contributed by atoms with Crippen LogP contribution in [0.25, 0.3) is 0 Å². The molecule has 0 bridgehead atoms. The summed E-state index contributed by atoms with van der Waals surface area (Å²) in [6.45, 7) is 8.93. The van der Waals surface area contributed by atoms with Gasteiger partial charge in [0.25, 0.3) is 10.0 Å². The molecule has 0 radical (unpaired) electrons. The number of hydrogen-bond donors (Lipinski definition) is 1. The Kier molecular flexibility index (Phi) is 10.2. The number of nitrogens with zero attached hydrogens (tertiary/aromatic N) is 2. The predicted molar refractivity (Wildman–Crippen MR) is 158 cm³/mol. The van der Waals surface area contributed by atoms with Crippen molar-refractivity contribution < 1.29 is 22.7 Å². The minimum absolute atomic E-state index is 0.0136. The lowest BCUT2D eigenvalue weighted by Crippen LogP contribution is -2.54. The highest BCUT2D eigenvalue weighted by Gasteiger charge is 2.33. The van der Waals surface area contributed by atoms with Crippen molar-refractivity contribution in [1.29, 1.82) is 0 Å². The molecule has 0 fully saturated rings. The molecule has 2 amide bonds. The first-order valence-electron chi connectivity index (χ1n) is 13.0. The van der Waals surface area contributed by atoms with Gasteiger partial charge in [-0.3, -0.25) is 13.9 Å². The number of carbonyl (C=O) groups excluding carboxylic acids is 2. The second-order valence-corrected chi connectivity index (χ2v) is 12.5. The van der Waals surface area contributed by atoms with Crippen LogP contribution in [0.5, 0.6) is 5.75 Å². The monoisotopic (exact) mass is 585 g/mol. The van der Waals surface area contributed by atoms with E-state index in [0.29, 0.717) is 22.9 Å². The van der Waals surface area contributed by atoms with Gasteiger partial charge in [-0.05, 0) is 82.6 Å². The molecule has 10 heteroatoms. The Hall–Kier alpha value is -3.56. The Balaban J connectivity index is 2.04. The topological polar surface area (TPSA) is 96.0 Å². The lowest BCUT2D eigenvalue weighted by atomic mass is 10.1. The van der Waals surface area contributed by atoms with Gasteiger partial charge in [0, 0.05) is 17.1 Å². The highest BCUT2D eigenvalue weighted by Crippen LogP contribution is 2.27. The molecule has 0 aromatic heterocycles. The summed E-state index contributed by atoms with van der Waals surface area (Å²) in [5.74, 6) is -0.362. The van der Waals surface area contributed by atoms with Crippen molar-refractivity contribution in [3.05, 3.63) is 89.4 Å². The fourth-order valence-electron chi connectivity index (χ4n) is 3.99. The summed E-state index contributed by atoms with van der Waals surface area (Å²) >= 11 is 6.40. The first-order chi connectivity index (χ1) is 18.8. The summed E-state index contributed by atoms with van der Waals surface area (Å²) in [7, 11) is -4.15. The van der Waals surface area contributed by atoms with Gasteiger partial charge in [0.2, 0.25) is 11.8 Å². The molecule has 0 unspecified atom stereocenters. The number of ether oxygens (including phenoxy) is 1. The average molecular weight is 586 g/mol. The minimum Gasteiger partial charge on any atom is -0.494 e. The fraction of sp³-hybridized carbons (Fsp3) is 0.333. The third kappa shape index (κ3) is 7.99. The van der Waals surface area contributed by atoms with Gasteiger partial charge >= 0.3 is 0 Å². The Morgan fingerprint density at radius 2 is 1.55 bits per heavy atom. The zero-order valence-electron chi connectivity index (χ0n) is 23.4. The number of carbonyl (C=O) groups is 2. The molecular weight excluding hydrogens is 550 g/mol. The van der Waals surface area contributed by atoms with Gasteiger partial charge < -0.3 is 15.0 Å². The normalized spacial score (nSPS) is 12.3. The molecule has 3 aromatic carbocycles. The van der Waals surface area contributed by atoms with E-state index in [9.17, 15) is 18.0 Å². The van der Waals surface area contributed by atoms with Crippen LogP contribution >= 0.6 is 11.6 Å². The van der Waals surface area contributed by atoms with Crippen molar-refractivity contribution in [1.82, 2.24) is 10.2 Å². The van der Waals surface area contributed by atoms with Crippen LogP contribution in [0, 0.1) is 0 Å². The van der Waals surface area contributed by atoms with Gasteiger partial charge in [-0.1, -0.05) is 48.0 Å². The van der Waals surface area contributed by atoms with E-state index >= 15 is 0 Å². The smallest absolute Gasteiger partial charge is 0.264 e. The van der Waals surface area contributed by atoms with E-state index in [-0.39, 0.29) is 23.0 Å². The van der Waals surface area contributed by atoms with Crippen molar-refractivity contribution in [2.24, 2.45) is 0 Å². The number of amides is 2. The lowest BCUT2D eigenvalue weighted by molar-refractivity contribution is -0.140. The zero-order chi connectivity index (χ0) is 29.5. The van der Waals surface area contributed by atoms with Crippen molar-refractivity contribution in [2.75, 3.05) is 17.5 Å². The molecule has 3 rings (SSSR count). The van der Waals surface area contributed by atoms with Gasteiger partial charge in [0.05, 0.1) is 17.2 Å². The maximum atomic E-state index is 14.0. The number of benzene rings is 3. The molecular formula is C30H36ClN3O5S. The second kappa shape index (κ2) is 13.2. The molecule has 0 saturated carbocycles. The molecule has 0 aliphatic rings. The number of sulfonamides is 1. The molecule has 40 heavy (non-hydrogen) atoms. The summed E-state index contributed by atoms with van der Waals surface area (Å²) in [4.78, 5) is 28.5. The molecule has 1 atom stereocenters. The van der Waals surface area contributed by atoms with Crippen LogP contribution < -0.4 is 14.4 Å². The Labute approximate surface area is 241 Å². The number of hydrogen-bond acceptors (Lipinski definition) is 5.